The quantitative estimate of drug-likeness (QED) is 0.783. The SMILES string of the molecule is CC1=C[C@@](C)(c2cc(CC(=O)c3ccc(C(F)F)cn3)ccc2F)N=C(N)O1. The number of alkyl halides is 2. The molecule has 1 aliphatic rings. The third-order valence-corrected chi connectivity index (χ3v) is 4.36. The van der Waals surface area contributed by atoms with Crippen LogP contribution in [0.15, 0.2) is 53.4 Å². The Bertz CT molecular complexity index is 951. The fraction of sp³-hybridized carbons (Fsp3) is 0.250. The van der Waals surface area contributed by atoms with Gasteiger partial charge in [-0.05, 0) is 49.8 Å². The van der Waals surface area contributed by atoms with E-state index in [2.05, 4.69) is 9.98 Å². The molecule has 0 bridgehead atoms. The summed E-state index contributed by atoms with van der Waals surface area (Å²) in [6.07, 6.45) is -0.107. The van der Waals surface area contributed by atoms with Crippen LogP contribution in [0.4, 0.5) is 13.2 Å². The van der Waals surface area contributed by atoms with Crippen LogP contribution in [0.25, 0.3) is 0 Å². The number of amidine groups is 1. The summed E-state index contributed by atoms with van der Waals surface area (Å²) < 4.78 is 44.9. The number of carbonyl (C=O) groups excluding carboxylic acids is 1. The Morgan fingerprint density at radius 2 is 2.04 bits per heavy atom. The van der Waals surface area contributed by atoms with E-state index in [4.69, 9.17) is 10.5 Å². The van der Waals surface area contributed by atoms with E-state index >= 15 is 0 Å². The predicted octanol–water partition coefficient (Wildman–Crippen LogP) is 4.05. The molecule has 28 heavy (non-hydrogen) atoms. The summed E-state index contributed by atoms with van der Waals surface area (Å²) in [4.78, 5) is 20.4. The molecular formula is C20H18F3N3O2. The Balaban J connectivity index is 1.87. The van der Waals surface area contributed by atoms with Crippen molar-refractivity contribution >= 4 is 11.8 Å². The van der Waals surface area contributed by atoms with E-state index in [-0.39, 0.29) is 35.0 Å². The number of halogens is 3. The number of hydrogen-bond donors (Lipinski definition) is 1. The lowest BCUT2D eigenvalue weighted by Crippen LogP contribution is -2.30. The summed E-state index contributed by atoms with van der Waals surface area (Å²) in [5.74, 6) is -0.384. The van der Waals surface area contributed by atoms with Gasteiger partial charge in [-0.15, -0.1) is 0 Å². The van der Waals surface area contributed by atoms with Crippen molar-refractivity contribution in [2.45, 2.75) is 32.2 Å². The number of nitrogens with two attached hydrogens (primary N) is 1. The number of nitrogens with zero attached hydrogens (tertiary/aromatic N) is 2. The van der Waals surface area contributed by atoms with Crippen LogP contribution in [0.3, 0.4) is 0 Å². The fourth-order valence-corrected chi connectivity index (χ4v) is 3.06. The van der Waals surface area contributed by atoms with Crippen molar-refractivity contribution in [1.82, 2.24) is 4.98 Å². The molecule has 2 N–H and O–H groups in total. The highest BCUT2D eigenvalue weighted by molar-refractivity contribution is 5.95. The normalized spacial score (nSPS) is 19.1. The maximum absolute atomic E-state index is 14.5. The molecule has 1 aliphatic heterocycles. The van der Waals surface area contributed by atoms with Crippen molar-refractivity contribution in [3.8, 4) is 0 Å². The summed E-state index contributed by atoms with van der Waals surface area (Å²) >= 11 is 0. The Kier molecular flexibility index (Phi) is 5.22. The molecule has 1 aromatic carbocycles. The minimum Gasteiger partial charge on any atom is -0.431 e. The van der Waals surface area contributed by atoms with Gasteiger partial charge in [0.1, 0.15) is 22.8 Å². The molecule has 0 unspecified atom stereocenters. The Morgan fingerprint density at radius 1 is 1.29 bits per heavy atom. The van der Waals surface area contributed by atoms with E-state index in [1.54, 1.807) is 19.9 Å². The van der Waals surface area contributed by atoms with Crippen molar-refractivity contribution in [3.63, 3.8) is 0 Å². The standard InChI is InChI=1S/C20H18F3N3O2/c1-11-9-20(2,26-19(24)28-11)14-7-12(3-5-15(14)21)8-17(27)16-6-4-13(10-25-16)18(22)23/h3-7,9-10,18H,8H2,1-2H3,(H2,24,26)/t20-/m0/s1. The monoisotopic (exact) mass is 389 g/mol. The lowest BCUT2D eigenvalue weighted by Gasteiger charge is -2.27. The Labute approximate surface area is 159 Å². The van der Waals surface area contributed by atoms with Gasteiger partial charge in [-0.3, -0.25) is 9.78 Å². The van der Waals surface area contributed by atoms with Crippen molar-refractivity contribution in [2.24, 2.45) is 10.7 Å². The summed E-state index contributed by atoms with van der Waals surface area (Å²) in [5, 5.41) is 0. The Morgan fingerprint density at radius 3 is 2.64 bits per heavy atom. The van der Waals surface area contributed by atoms with Crippen molar-refractivity contribution < 1.29 is 22.7 Å². The first-order valence-electron chi connectivity index (χ1n) is 8.47. The van der Waals surface area contributed by atoms with Gasteiger partial charge in [-0.2, -0.15) is 0 Å². The van der Waals surface area contributed by atoms with Crippen LogP contribution in [-0.4, -0.2) is 16.8 Å². The highest BCUT2D eigenvalue weighted by atomic mass is 19.3. The van der Waals surface area contributed by atoms with Crippen LogP contribution in [0.1, 0.15) is 47.5 Å². The smallest absolute Gasteiger partial charge is 0.288 e. The maximum atomic E-state index is 14.5. The number of rotatable bonds is 5. The maximum Gasteiger partial charge on any atom is 0.288 e. The number of ketones is 1. The number of Topliss-reactive ketones (excluding diaryl/α,β-unsaturated/α-hetero) is 1. The zero-order valence-corrected chi connectivity index (χ0v) is 15.2. The Hall–Kier alpha value is -3.16. The molecule has 0 aliphatic carbocycles. The number of aliphatic imine (C=N–C) groups is 1. The minimum atomic E-state index is -2.65. The van der Waals surface area contributed by atoms with Gasteiger partial charge < -0.3 is 10.5 Å². The third-order valence-electron chi connectivity index (χ3n) is 4.36. The average molecular weight is 389 g/mol. The third kappa shape index (κ3) is 4.05. The molecule has 2 aromatic rings. The van der Waals surface area contributed by atoms with Gasteiger partial charge in [0.05, 0.1) is 0 Å². The molecule has 0 saturated heterocycles. The molecule has 1 aromatic heterocycles. The van der Waals surface area contributed by atoms with Crippen molar-refractivity contribution in [1.29, 1.82) is 0 Å². The first-order chi connectivity index (χ1) is 13.2. The van der Waals surface area contributed by atoms with Crippen LogP contribution in [0.5, 0.6) is 0 Å². The summed E-state index contributed by atoms with van der Waals surface area (Å²) in [5.41, 5.74) is 5.17. The van der Waals surface area contributed by atoms with E-state index in [1.807, 2.05) is 0 Å². The molecule has 1 atom stereocenters. The second-order valence-corrected chi connectivity index (χ2v) is 6.65. The van der Waals surface area contributed by atoms with Gasteiger partial charge >= 0.3 is 0 Å². The van der Waals surface area contributed by atoms with Gasteiger partial charge in [0, 0.05) is 23.7 Å². The first kappa shape index (κ1) is 19.6. The molecule has 0 radical (unpaired) electrons. The lowest BCUT2D eigenvalue weighted by atomic mass is 9.88. The van der Waals surface area contributed by atoms with Crippen molar-refractivity contribution in [3.05, 3.63) is 76.6 Å². The van der Waals surface area contributed by atoms with Gasteiger partial charge in [0.25, 0.3) is 12.4 Å². The van der Waals surface area contributed by atoms with E-state index in [1.165, 1.54) is 24.3 Å². The van der Waals surface area contributed by atoms with Gasteiger partial charge in [-0.25, -0.2) is 18.2 Å². The van der Waals surface area contributed by atoms with Gasteiger partial charge in [0.2, 0.25) is 0 Å². The number of carbonyl (C=O) groups is 1. The molecule has 5 nitrogen and oxygen atoms in total. The molecule has 3 rings (SSSR count). The van der Waals surface area contributed by atoms with Crippen LogP contribution in [0, 0.1) is 5.82 Å². The van der Waals surface area contributed by atoms with E-state index in [0.717, 1.165) is 12.3 Å². The number of benzene rings is 1. The van der Waals surface area contributed by atoms with Crippen LogP contribution in [0.2, 0.25) is 0 Å². The molecule has 0 fully saturated rings. The molecular weight excluding hydrogens is 371 g/mol. The predicted molar refractivity (Wildman–Crippen MR) is 97.4 cm³/mol. The number of hydrogen-bond acceptors (Lipinski definition) is 5. The van der Waals surface area contributed by atoms with Crippen molar-refractivity contribution in [2.75, 3.05) is 0 Å². The molecule has 2 heterocycles. The van der Waals surface area contributed by atoms with Crippen LogP contribution < -0.4 is 5.73 Å². The highest BCUT2D eigenvalue weighted by Crippen LogP contribution is 2.34. The second-order valence-electron chi connectivity index (χ2n) is 6.65. The van der Waals surface area contributed by atoms with E-state index in [9.17, 15) is 18.0 Å². The number of allylic oxidation sites excluding steroid dienone is 1. The molecule has 8 heteroatoms. The fourth-order valence-electron chi connectivity index (χ4n) is 3.06. The van der Waals surface area contributed by atoms with E-state index in [0.29, 0.717) is 11.3 Å². The number of ether oxygens (including phenoxy) is 1. The summed E-state index contributed by atoms with van der Waals surface area (Å²) in [6.45, 7) is 3.36. The van der Waals surface area contributed by atoms with Gasteiger partial charge in [0.15, 0.2) is 5.78 Å². The zero-order chi connectivity index (χ0) is 20.5. The highest BCUT2D eigenvalue weighted by Gasteiger charge is 2.31. The topological polar surface area (TPSA) is 77.6 Å². The molecule has 0 saturated carbocycles. The van der Waals surface area contributed by atoms with Crippen LogP contribution >= 0.6 is 0 Å². The van der Waals surface area contributed by atoms with Gasteiger partial charge in [-0.1, -0.05) is 6.07 Å². The van der Waals surface area contributed by atoms with E-state index < -0.39 is 17.8 Å². The number of pyridine rings is 1. The average Bonchev–Trinajstić information content (AvgIpc) is 2.62. The summed E-state index contributed by atoms with van der Waals surface area (Å²) in [7, 11) is 0. The first-order valence-corrected chi connectivity index (χ1v) is 8.47. The molecule has 146 valence electrons. The zero-order valence-electron chi connectivity index (χ0n) is 15.2. The largest absolute Gasteiger partial charge is 0.431 e. The molecule has 0 amide bonds. The minimum absolute atomic E-state index is 0.0607. The number of aromatic nitrogens is 1. The second kappa shape index (κ2) is 7.46. The lowest BCUT2D eigenvalue weighted by molar-refractivity contribution is 0.0987. The summed E-state index contributed by atoms with van der Waals surface area (Å²) in [6, 6.07) is 6.61. The van der Waals surface area contributed by atoms with Crippen LogP contribution in [-0.2, 0) is 16.7 Å². The molecule has 0 spiro atoms.